The van der Waals surface area contributed by atoms with Gasteiger partial charge in [0.05, 0.1) is 18.4 Å². The van der Waals surface area contributed by atoms with E-state index in [1.807, 2.05) is 6.92 Å². The smallest absolute Gasteiger partial charge is 0.257 e. The summed E-state index contributed by atoms with van der Waals surface area (Å²) in [6.45, 7) is 1.84. The molecule has 1 aromatic heterocycles. The molecule has 5 nitrogen and oxygen atoms in total. The summed E-state index contributed by atoms with van der Waals surface area (Å²) in [6.07, 6.45) is 1.45. The van der Waals surface area contributed by atoms with Gasteiger partial charge in [0.25, 0.3) is 5.91 Å². The van der Waals surface area contributed by atoms with E-state index in [9.17, 15) is 9.18 Å². The summed E-state index contributed by atoms with van der Waals surface area (Å²) < 4.78 is 18.2. The van der Waals surface area contributed by atoms with Crippen molar-refractivity contribution >= 4 is 34.7 Å². The molecule has 138 valence electrons. The largest absolute Gasteiger partial charge is 0.495 e. The van der Waals surface area contributed by atoms with E-state index in [1.165, 1.54) is 25.4 Å². The van der Waals surface area contributed by atoms with Crippen LogP contribution < -0.4 is 15.4 Å². The molecule has 0 bridgehead atoms. The van der Waals surface area contributed by atoms with E-state index in [4.69, 9.17) is 16.3 Å². The van der Waals surface area contributed by atoms with Crippen LogP contribution in [0.5, 0.6) is 5.75 Å². The monoisotopic (exact) mass is 385 g/mol. The van der Waals surface area contributed by atoms with Crippen molar-refractivity contribution in [1.29, 1.82) is 0 Å². The number of aromatic nitrogens is 1. The molecular formula is C20H17ClFN3O2. The first kappa shape index (κ1) is 18.7. The van der Waals surface area contributed by atoms with Crippen LogP contribution in [0.1, 0.15) is 15.9 Å². The van der Waals surface area contributed by atoms with Crippen molar-refractivity contribution in [1.82, 2.24) is 4.98 Å². The van der Waals surface area contributed by atoms with Crippen LogP contribution in [0.3, 0.4) is 0 Å². The number of nitrogens with zero attached hydrogens (tertiary/aromatic N) is 1. The number of rotatable bonds is 5. The van der Waals surface area contributed by atoms with E-state index in [1.54, 1.807) is 36.4 Å². The number of amides is 1. The summed E-state index contributed by atoms with van der Waals surface area (Å²) in [6, 6.07) is 12.6. The number of benzene rings is 2. The van der Waals surface area contributed by atoms with E-state index in [2.05, 4.69) is 15.6 Å². The third kappa shape index (κ3) is 4.54. The molecule has 0 saturated carbocycles. The molecule has 0 atom stereocenters. The van der Waals surface area contributed by atoms with Gasteiger partial charge in [-0.3, -0.25) is 4.79 Å². The Labute approximate surface area is 161 Å². The van der Waals surface area contributed by atoms with E-state index < -0.39 is 0 Å². The number of methoxy groups -OCH3 is 1. The molecule has 3 aromatic rings. The first-order valence-electron chi connectivity index (χ1n) is 8.10. The summed E-state index contributed by atoms with van der Waals surface area (Å²) in [5.74, 6) is 0.379. The van der Waals surface area contributed by atoms with Crippen molar-refractivity contribution in [3.05, 3.63) is 76.7 Å². The van der Waals surface area contributed by atoms with Gasteiger partial charge >= 0.3 is 0 Å². The Bertz CT molecular complexity index is 960. The van der Waals surface area contributed by atoms with Gasteiger partial charge in [0, 0.05) is 23.0 Å². The van der Waals surface area contributed by atoms with Crippen LogP contribution in [0, 0.1) is 12.7 Å². The van der Waals surface area contributed by atoms with Crippen LogP contribution in [-0.2, 0) is 0 Å². The minimum Gasteiger partial charge on any atom is -0.495 e. The summed E-state index contributed by atoms with van der Waals surface area (Å²) in [4.78, 5) is 16.7. The van der Waals surface area contributed by atoms with Gasteiger partial charge in [0.1, 0.15) is 17.4 Å². The number of anilines is 3. The highest BCUT2D eigenvalue weighted by Gasteiger charge is 2.12. The number of ether oxygens (including phenoxy) is 1. The van der Waals surface area contributed by atoms with E-state index in [0.29, 0.717) is 33.5 Å². The van der Waals surface area contributed by atoms with Gasteiger partial charge in [0.2, 0.25) is 0 Å². The van der Waals surface area contributed by atoms with Gasteiger partial charge in [-0.2, -0.15) is 0 Å². The van der Waals surface area contributed by atoms with Crippen molar-refractivity contribution in [2.75, 3.05) is 17.7 Å². The SMILES string of the molecule is COc1cc(Cl)c(C)cc1NC(=O)c1ccc(Nc2ccc(F)cc2)nc1. The highest BCUT2D eigenvalue weighted by atomic mass is 35.5. The van der Waals surface area contributed by atoms with E-state index >= 15 is 0 Å². The Balaban J connectivity index is 1.72. The highest BCUT2D eigenvalue weighted by Crippen LogP contribution is 2.31. The van der Waals surface area contributed by atoms with Gasteiger partial charge in [0.15, 0.2) is 0 Å². The lowest BCUT2D eigenvalue weighted by Gasteiger charge is -2.12. The van der Waals surface area contributed by atoms with Crippen LogP contribution in [0.4, 0.5) is 21.6 Å². The Hall–Kier alpha value is -3.12. The fraction of sp³-hybridized carbons (Fsp3) is 0.100. The molecule has 27 heavy (non-hydrogen) atoms. The molecule has 0 aliphatic heterocycles. The maximum atomic E-state index is 12.9. The van der Waals surface area contributed by atoms with Crippen molar-refractivity contribution in [3.63, 3.8) is 0 Å². The Morgan fingerprint density at radius 3 is 2.52 bits per heavy atom. The van der Waals surface area contributed by atoms with E-state index in [-0.39, 0.29) is 11.7 Å². The minimum absolute atomic E-state index is 0.312. The number of halogens is 2. The third-order valence-corrected chi connectivity index (χ3v) is 4.28. The zero-order chi connectivity index (χ0) is 19.4. The molecule has 0 saturated heterocycles. The van der Waals surface area contributed by atoms with Crippen LogP contribution in [-0.4, -0.2) is 18.0 Å². The van der Waals surface area contributed by atoms with Crippen LogP contribution >= 0.6 is 11.6 Å². The fourth-order valence-electron chi connectivity index (χ4n) is 2.41. The minimum atomic E-state index is -0.323. The number of carbonyl (C=O) groups excluding carboxylic acids is 1. The lowest BCUT2D eigenvalue weighted by Crippen LogP contribution is -2.13. The van der Waals surface area contributed by atoms with Crippen LogP contribution in [0.2, 0.25) is 5.02 Å². The number of hydrogen-bond donors (Lipinski definition) is 2. The van der Waals surface area contributed by atoms with Crippen molar-refractivity contribution in [2.24, 2.45) is 0 Å². The predicted molar refractivity (Wildman–Crippen MR) is 105 cm³/mol. The van der Waals surface area contributed by atoms with Gasteiger partial charge in [-0.1, -0.05) is 11.6 Å². The van der Waals surface area contributed by atoms with Crippen molar-refractivity contribution in [3.8, 4) is 5.75 Å². The van der Waals surface area contributed by atoms with Crippen LogP contribution in [0.15, 0.2) is 54.7 Å². The van der Waals surface area contributed by atoms with E-state index in [0.717, 1.165) is 5.56 Å². The predicted octanol–water partition coefficient (Wildman–Crippen LogP) is 5.19. The quantitative estimate of drug-likeness (QED) is 0.634. The molecule has 0 aliphatic carbocycles. The molecule has 2 aromatic carbocycles. The molecule has 3 rings (SSSR count). The maximum absolute atomic E-state index is 12.9. The second-order valence-electron chi connectivity index (χ2n) is 5.82. The molecule has 1 heterocycles. The zero-order valence-electron chi connectivity index (χ0n) is 14.7. The Kier molecular flexibility index (Phi) is 5.57. The molecule has 0 unspecified atom stereocenters. The standard InChI is InChI=1S/C20H17ClFN3O2/c1-12-9-17(18(27-2)10-16(12)21)25-20(26)13-3-8-19(23-11-13)24-15-6-4-14(22)5-7-15/h3-11H,1-2H3,(H,23,24)(H,25,26). The molecule has 1 amide bonds. The van der Waals surface area contributed by atoms with Gasteiger partial charge < -0.3 is 15.4 Å². The molecular weight excluding hydrogens is 369 g/mol. The molecule has 7 heteroatoms. The van der Waals surface area contributed by atoms with Crippen molar-refractivity contribution in [2.45, 2.75) is 6.92 Å². The van der Waals surface area contributed by atoms with Gasteiger partial charge in [-0.15, -0.1) is 0 Å². The fourth-order valence-corrected chi connectivity index (χ4v) is 2.56. The number of hydrogen-bond acceptors (Lipinski definition) is 4. The highest BCUT2D eigenvalue weighted by molar-refractivity contribution is 6.31. The first-order chi connectivity index (χ1) is 13.0. The average molecular weight is 386 g/mol. The lowest BCUT2D eigenvalue weighted by molar-refractivity contribution is 0.102. The summed E-state index contributed by atoms with van der Waals surface area (Å²) in [5.41, 5.74) is 2.43. The number of carbonyl (C=O) groups is 1. The summed E-state index contributed by atoms with van der Waals surface area (Å²) in [5, 5.41) is 6.39. The normalized spacial score (nSPS) is 10.4. The maximum Gasteiger partial charge on any atom is 0.257 e. The average Bonchev–Trinajstić information content (AvgIpc) is 2.67. The number of nitrogens with one attached hydrogen (secondary N) is 2. The number of aryl methyl sites for hydroxylation is 1. The Morgan fingerprint density at radius 1 is 1.15 bits per heavy atom. The Morgan fingerprint density at radius 2 is 1.89 bits per heavy atom. The summed E-state index contributed by atoms with van der Waals surface area (Å²) >= 11 is 6.08. The third-order valence-electron chi connectivity index (χ3n) is 3.87. The first-order valence-corrected chi connectivity index (χ1v) is 8.48. The summed E-state index contributed by atoms with van der Waals surface area (Å²) in [7, 11) is 1.51. The van der Waals surface area contributed by atoms with Crippen LogP contribution in [0.25, 0.3) is 0 Å². The zero-order valence-corrected chi connectivity index (χ0v) is 15.5. The molecule has 2 N–H and O–H groups in total. The van der Waals surface area contributed by atoms with Gasteiger partial charge in [-0.05, 0) is 55.0 Å². The molecule has 0 radical (unpaired) electrons. The second-order valence-corrected chi connectivity index (χ2v) is 6.23. The second kappa shape index (κ2) is 8.05. The molecule has 0 fully saturated rings. The topological polar surface area (TPSA) is 63.2 Å². The molecule has 0 spiro atoms. The van der Waals surface area contributed by atoms with Crippen molar-refractivity contribution < 1.29 is 13.9 Å². The molecule has 0 aliphatic rings. The van der Waals surface area contributed by atoms with Gasteiger partial charge in [-0.25, -0.2) is 9.37 Å². The number of pyridine rings is 1. The lowest BCUT2D eigenvalue weighted by atomic mass is 10.2.